The number of rotatable bonds is 3. The van der Waals surface area contributed by atoms with Crippen LogP contribution in [0.4, 0.5) is 0 Å². The minimum atomic E-state index is -3.47. The van der Waals surface area contributed by atoms with E-state index >= 15 is 0 Å². The van der Waals surface area contributed by atoms with Crippen LogP contribution < -0.4 is 5.32 Å². The van der Waals surface area contributed by atoms with Crippen LogP contribution in [0.2, 0.25) is 10.0 Å². The van der Waals surface area contributed by atoms with Gasteiger partial charge in [-0.2, -0.15) is 0 Å². The Bertz CT molecular complexity index is 616. The molecule has 1 N–H and O–H groups in total. The quantitative estimate of drug-likeness (QED) is 0.923. The van der Waals surface area contributed by atoms with Crippen molar-refractivity contribution in [2.45, 2.75) is 24.2 Å². The number of sulfone groups is 1. The van der Waals surface area contributed by atoms with E-state index in [2.05, 4.69) is 5.32 Å². The molecule has 1 aromatic rings. The summed E-state index contributed by atoms with van der Waals surface area (Å²) in [6, 6.07) is 4.37. The van der Waals surface area contributed by atoms with Gasteiger partial charge in [-0.25, -0.2) is 8.42 Å². The first kappa shape index (κ1) is 15.6. The minimum Gasteiger partial charge on any atom is -0.356 e. The van der Waals surface area contributed by atoms with E-state index in [0.717, 1.165) is 0 Å². The molecule has 2 rings (SSSR count). The van der Waals surface area contributed by atoms with Crippen LogP contribution in [-0.2, 0) is 14.6 Å². The van der Waals surface area contributed by atoms with Gasteiger partial charge < -0.3 is 5.32 Å². The van der Waals surface area contributed by atoms with Crippen molar-refractivity contribution in [2.24, 2.45) is 5.92 Å². The number of amides is 1. The maximum absolute atomic E-state index is 12.4. The van der Waals surface area contributed by atoms with Gasteiger partial charge in [-0.3, -0.25) is 4.79 Å². The lowest BCUT2D eigenvalue weighted by atomic mass is 10.0. The standard InChI is InChI=1S/C13H15Cl2NO3S/c14-10-2-3-12(11(15)7-10)20(18,19)8-9-1-4-13(17)16-6-5-9/h2-3,7,9H,1,4-6,8H2,(H,16,17)/t9-/m0/s1. The van der Waals surface area contributed by atoms with Crippen molar-refractivity contribution in [1.29, 1.82) is 0 Å². The molecule has 0 bridgehead atoms. The Balaban J connectivity index is 2.16. The van der Waals surface area contributed by atoms with Crippen LogP contribution in [-0.4, -0.2) is 26.6 Å². The van der Waals surface area contributed by atoms with Crippen LogP contribution in [0.1, 0.15) is 19.3 Å². The van der Waals surface area contributed by atoms with Crippen molar-refractivity contribution in [3.63, 3.8) is 0 Å². The first-order valence-electron chi connectivity index (χ1n) is 6.33. The topological polar surface area (TPSA) is 63.2 Å². The zero-order chi connectivity index (χ0) is 14.8. The number of halogens is 2. The normalized spacial score (nSPS) is 20.3. The highest BCUT2D eigenvalue weighted by Gasteiger charge is 2.25. The molecule has 1 aliphatic heterocycles. The molecule has 1 fully saturated rings. The summed E-state index contributed by atoms with van der Waals surface area (Å²) in [4.78, 5) is 11.4. The number of hydrogen-bond acceptors (Lipinski definition) is 3. The van der Waals surface area contributed by atoms with Crippen molar-refractivity contribution in [2.75, 3.05) is 12.3 Å². The zero-order valence-electron chi connectivity index (χ0n) is 10.7. The van der Waals surface area contributed by atoms with Crippen molar-refractivity contribution < 1.29 is 13.2 Å². The predicted molar refractivity (Wildman–Crippen MR) is 78.9 cm³/mol. The van der Waals surface area contributed by atoms with Gasteiger partial charge >= 0.3 is 0 Å². The van der Waals surface area contributed by atoms with Gasteiger partial charge in [0, 0.05) is 18.0 Å². The molecule has 4 nitrogen and oxygen atoms in total. The maximum Gasteiger partial charge on any atom is 0.220 e. The minimum absolute atomic E-state index is 0.00329. The van der Waals surface area contributed by atoms with E-state index in [4.69, 9.17) is 23.2 Å². The third kappa shape index (κ3) is 3.87. The van der Waals surface area contributed by atoms with E-state index in [1.165, 1.54) is 18.2 Å². The lowest BCUT2D eigenvalue weighted by molar-refractivity contribution is -0.120. The molecule has 1 amide bonds. The lowest BCUT2D eigenvalue weighted by Crippen LogP contribution is -2.22. The molecule has 0 unspecified atom stereocenters. The second-order valence-electron chi connectivity index (χ2n) is 4.90. The average molecular weight is 336 g/mol. The van der Waals surface area contributed by atoms with Crippen LogP contribution in [0.15, 0.2) is 23.1 Å². The predicted octanol–water partition coefficient (Wildman–Crippen LogP) is 2.68. The fourth-order valence-electron chi connectivity index (χ4n) is 2.28. The highest BCUT2D eigenvalue weighted by Crippen LogP contribution is 2.28. The molecule has 7 heteroatoms. The Morgan fingerprint density at radius 2 is 2.00 bits per heavy atom. The summed E-state index contributed by atoms with van der Waals surface area (Å²) in [6.45, 7) is 0.521. The summed E-state index contributed by atoms with van der Waals surface area (Å²) in [7, 11) is -3.47. The second-order valence-corrected chi connectivity index (χ2v) is 7.75. The molecule has 0 spiro atoms. The van der Waals surface area contributed by atoms with Gasteiger partial charge in [0.05, 0.1) is 15.7 Å². The monoisotopic (exact) mass is 335 g/mol. The van der Waals surface area contributed by atoms with Crippen LogP contribution in [0.3, 0.4) is 0 Å². The fourth-order valence-corrected chi connectivity index (χ4v) is 4.80. The fraction of sp³-hybridized carbons (Fsp3) is 0.462. The van der Waals surface area contributed by atoms with Crippen LogP contribution >= 0.6 is 23.2 Å². The molecule has 0 saturated carbocycles. The van der Waals surface area contributed by atoms with E-state index < -0.39 is 9.84 Å². The van der Waals surface area contributed by atoms with Gasteiger partial charge in [-0.05, 0) is 37.0 Å². The molecule has 20 heavy (non-hydrogen) atoms. The molecule has 1 aromatic carbocycles. The van der Waals surface area contributed by atoms with E-state index in [1.807, 2.05) is 0 Å². The molecule has 110 valence electrons. The van der Waals surface area contributed by atoms with Crippen LogP contribution in [0.5, 0.6) is 0 Å². The first-order chi connectivity index (χ1) is 9.38. The highest BCUT2D eigenvalue weighted by atomic mass is 35.5. The van der Waals surface area contributed by atoms with Gasteiger partial charge in [-0.15, -0.1) is 0 Å². The van der Waals surface area contributed by atoms with Crippen molar-refractivity contribution in [3.05, 3.63) is 28.2 Å². The van der Waals surface area contributed by atoms with Gasteiger partial charge in [0.2, 0.25) is 5.91 Å². The molecular weight excluding hydrogens is 321 g/mol. The Hall–Kier alpha value is -0.780. The lowest BCUT2D eigenvalue weighted by Gasteiger charge is -2.14. The molecule has 1 aliphatic rings. The molecule has 0 radical (unpaired) electrons. The number of carbonyl (C=O) groups is 1. The average Bonchev–Trinajstić information content (AvgIpc) is 2.53. The third-order valence-electron chi connectivity index (χ3n) is 3.34. The molecular formula is C13H15Cl2NO3S. The largest absolute Gasteiger partial charge is 0.356 e. The van der Waals surface area contributed by atoms with E-state index in [1.54, 1.807) is 0 Å². The van der Waals surface area contributed by atoms with Crippen molar-refractivity contribution >= 4 is 38.9 Å². The number of hydrogen-bond donors (Lipinski definition) is 1. The van der Waals surface area contributed by atoms with E-state index in [0.29, 0.717) is 30.8 Å². The number of carbonyl (C=O) groups excluding carboxylic acids is 1. The summed E-state index contributed by atoms with van der Waals surface area (Å²) < 4.78 is 24.8. The van der Waals surface area contributed by atoms with Gasteiger partial charge in [0.25, 0.3) is 0 Å². The molecule has 1 heterocycles. The zero-order valence-corrected chi connectivity index (χ0v) is 13.1. The number of nitrogens with one attached hydrogen (secondary N) is 1. The summed E-state index contributed by atoms with van der Waals surface area (Å²) in [6.07, 6.45) is 1.61. The Morgan fingerprint density at radius 3 is 2.70 bits per heavy atom. The second kappa shape index (κ2) is 6.33. The van der Waals surface area contributed by atoms with Crippen LogP contribution in [0.25, 0.3) is 0 Å². The van der Waals surface area contributed by atoms with Crippen LogP contribution in [0, 0.1) is 5.92 Å². The third-order valence-corrected chi connectivity index (χ3v) is 5.93. The number of benzene rings is 1. The summed E-state index contributed by atoms with van der Waals surface area (Å²) in [5.74, 6) is -0.0522. The Kier molecular flexibility index (Phi) is 4.94. The summed E-state index contributed by atoms with van der Waals surface area (Å²) in [5.41, 5.74) is 0. The van der Waals surface area contributed by atoms with E-state index in [-0.39, 0.29) is 27.5 Å². The van der Waals surface area contributed by atoms with Gasteiger partial charge in [-0.1, -0.05) is 23.2 Å². The smallest absolute Gasteiger partial charge is 0.220 e. The van der Waals surface area contributed by atoms with Crippen molar-refractivity contribution in [1.82, 2.24) is 5.32 Å². The maximum atomic E-state index is 12.4. The van der Waals surface area contributed by atoms with Crippen molar-refractivity contribution in [3.8, 4) is 0 Å². The van der Waals surface area contributed by atoms with Gasteiger partial charge in [0.15, 0.2) is 9.84 Å². The highest BCUT2D eigenvalue weighted by molar-refractivity contribution is 7.91. The summed E-state index contributed by atoms with van der Waals surface area (Å²) in [5, 5.41) is 3.28. The SMILES string of the molecule is O=C1CC[C@H](CS(=O)(=O)c2ccc(Cl)cc2Cl)CCN1. The molecule has 1 saturated heterocycles. The molecule has 1 atom stereocenters. The molecule has 0 aromatic heterocycles. The molecule has 0 aliphatic carbocycles. The van der Waals surface area contributed by atoms with Gasteiger partial charge in [0.1, 0.15) is 0 Å². The Labute approximate surface area is 128 Å². The summed E-state index contributed by atoms with van der Waals surface area (Å²) >= 11 is 11.7. The first-order valence-corrected chi connectivity index (χ1v) is 8.74. The Morgan fingerprint density at radius 1 is 1.25 bits per heavy atom. The van der Waals surface area contributed by atoms with E-state index in [9.17, 15) is 13.2 Å².